The van der Waals surface area contributed by atoms with Crippen molar-refractivity contribution < 1.29 is 4.79 Å². The average molecular weight is 189 g/mol. The van der Waals surface area contributed by atoms with Crippen LogP contribution in [0.5, 0.6) is 0 Å². The van der Waals surface area contributed by atoms with E-state index in [9.17, 15) is 4.79 Å². The molecule has 2 rings (SSSR count). The van der Waals surface area contributed by atoms with Crippen molar-refractivity contribution in [1.29, 1.82) is 0 Å². The summed E-state index contributed by atoms with van der Waals surface area (Å²) in [6, 6.07) is 7.95. The van der Waals surface area contributed by atoms with E-state index in [-0.39, 0.29) is 17.4 Å². The molecule has 1 amide bonds. The largest absolute Gasteiger partial charge is 0.345 e. The minimum atomic E-state index is 0.0560. The van der Waals surface area contributed by atoms with Gasteiger partial charge in [0, 0.05) is 5.56 Å². The number of amides is 1. The standard InChI is InChI=1S/C12H15NO/c1-12(2,3)10-8-6-4-5-7-9(8)11(14)13-10/h4-7,10H,1-3H3,(H,13,14)/t10-/m0/s1. The van der Waals surface area contributed by atoms with Crippen LogP contribution in [-0.2, 0) is 0 Å². The van der Waals surface area contributed by atoms with Crippen LogP contribution in [-0.4, -0.2) is 5.91 Å². The van der Waals surface area contributed by atoms with Crippen LogP contribution in [0.4, 0.5) is 0 Å². The minimum Gasteiger partial charge on any atom is -0.345 e. The van der Waals surface area contributed by atoms with Gasteiger partial charge in [0.2, 0.25) is 0 Å². The van der Waals surface area contributed by atoms with Crippen LogP contribution in [0.3, 0.4) is 0 Å². The first-order valence-electron chi connectivity index (χ1n) is 4.90. The molecule has 1 aliphatic rings. The van der Waals surface area contributed by atoms with Crippen molar-refractivity contribution in [3.63, 3.8) is 0 Å². The normalized spacial score (nSPS) is 20.5. The fourth-order valence-corrected chi connectivity index (χ4v) is 1.93. The first kappa shape index (κ1) is 9.25. The zero-order valence-electron chi connectivity index (χ0n) is 8.79. The maximum atomic E-state index is 11.6. The summed E-state index contributed by atoms with van der Waals surface area (Å²) in [4.78, 5) is 11.6. The highest BCUT2D eigenvalue weighted by Gasteiger charge is 2.35. The zero-order valence-corrected chi connectivity index (χ0v) is 8.79. The van der Waals surface area contributed by atoms with Gasteiger partial charge in [-0.3, -0.25) is 4.79 Å². The Morgan fingerprint density at radius 1 is 1.21 bits per heavy atom. The second-order valence-corrected chi connectivity index (χ2v) is 4.86. The molecule has 0 spiro atoms. The molecule has 1 aromatic carbocycles. The summed E-state index contributed by atoms with van der Waals surface area (Å²) in [5.41, 5.74) is 2.03. The van der Waals surface area contributed by atoms with E-state index in [0.717, 1.165) is 11.1 Å². The number of rotatable bonds is 0. The fraction of sp³-hybridized carbons (Fsp3) is 0.417. The van der Waals surface area contributed by atoms with Crippen LogP contribution >= 0.6 is 0 Å². The van der Waals surface area contributed by atoms with Crippen molar-refractivity contribution in [2.24, 2.45) is 5.41 Å². The number of hydrogen-bond acceptors (Lipinski definition) is 1. The third-order valence-corrected chi connectivity index (χ3v) is 2.66. The summed E-state index contributed by atoms with van der Waals surface area (Å²) in [6.07, 6.45) is 0. The highest BCUT2D eigenvalue weighted by molar-refractivity contribution is 5.99. The van der Waals surface area contributed by atoms with Crippen LogP contribution in [0.1, 0.15) is 42.7 Å². The summed E-state index contributed by atoms with van der Waals surface area (Å²) in [6.45, 7) is 6.42. The van der Waals surface area contributed by atoms with Crippen LogP contribution in [0.15, 0.2) is 24.3 Å². The Morgan fingerprint density at radius 2 is 1.86 bits per heavy atom. The minimum absolute atomic E-state index is 0.0560. The fourth-order valence-electron chi connectivity index (χ4n) is 1.93. The molecular formula is C12H15NO. The van der Waals surface area contributed by atoms with E-state index in [1.165, 1.54) is 0 Å². The number of fused-ring (bicyclic) bond motifs is 1. The SMILES string of the molecule is CC(C)(C)[C@H]1NC(=O)c2ccccc21. The van der Waals surface area contributed by atoms with Crippen LogP contribution < -0.4 is 5.32 Å². The summed E-state index contributed by atoms with van der Waals surface area (Å²) < 4.78 is 0. The molecular weight excluding hydrogens is 174 g/mol. The quantitative estimate of drug-likeness (QED) is 0.667. The van der Waals surface area contributed by atoms with Crippen molar-refractivity contribution in [1.82, 2.24) is 5.32 Å². The molecule has 74 valence electrons. The number of carbonyl (C=O) groups is 1. The van der Waals surface area contributed by atoms with Crippen molar-refractivity contribution in [3.8, 4) is 0 Å². The van der Waals surface area contributed by atoms with Gasteiger partial charge in [0.1, 0.15) is 0 Å². The van der Waals surface area contributed by atoms with Gasteiger partial charge in [0.15, 0.2) is 0 Å². The molecule has 1 aromatic rings. The number of benzene rings is 1. The average Bonchev–Trinajstić information content (AvgIpc) is 2.44. The summed E-state index contributed by atoms with van der Waals surface area (Å²) in [5, 5.41) is 3.02. The highest BCUT2D eigenvalue weighted by Crippen LogP contribution is 2.38. The Hall–Kier alpha value is -1.31. The van der Waals surface area contributed by atoms with E-state index >= 15 is 0 Å². The van der Waals surface area contributed by atoms with Gasteiger partial charge in [-0.1, -0.05) is 39.0 Å². The lowest BCUT2D eigenvalue weighted by Gasteiger charge is -2.27. The first-order chi connectivity index (χ1) is 6.50. The van der Waals surface area contributed by atoms with E-state index in [0.29, 0.717) is 0 Å². The second kappa shape index (κ2) is 2.84. The topological polar surface area (TPSA) is 29.1 Å². The summed E-state index contributed by atoms with van der Waals surface area (Å²) >= 11 is 0. The van der Waals surface area contributed by atoms with Crippen molar-refractivity contribution >= 4 is 5.91 Å². The van der Waals surface area contributed by atoms with Gasteiger partial charge in [-0.25, -0.2) is 0 Å². The molecule has 0 unspecified atom stereocenters. The Kier molecular flexibility index (Phi) is 1.88. The van der Waals surface area contributed by atoms with Crippen molar-refractivity contribution in [2.45, 2.75) is 26.8 Å². The van der Waals surface area contributed by atoms with E-state index in [2.05, 4.69) is 26.1 Å². The van der Waals surface area contributed by atoms with Crippen molar-refractivity contribution in [3.05, 3.63) is 35.4 Å². The van der Waals surface area contributed by atoms with E-state index in [4.69, 9.17) is 0 Å². The molecule has 1 atom stereocenters. The molecule has 2 heteroatoms. The monoisotopic (exact) mass is 189 g/mol. The summed E-state index contributed by atoms with van der Waals surface area (Å²) in [5.74, 6) is 0.0560. The first-order valence-corrected chi connectivity index (χ1v) is 4.90. The lowest BCUT2D eigenvalue weighted by Crippen LogP contribution is -2.29. The van der Waals surface area contributed by atoms with E-state index < -0.39 is 0 Å². The van der Waals surface area contributed by atoms with Gasteiger partial charge >= 0.3 is 0 Å². The lowest BCUT2D eigenvalue weighted by atomic mass is 9.83. The molecule has 0 saturated heterocycles. The Balaban J connectivity index is 2.50. The molecule has 0 aromatic heterocycles. The van der Waals surface area contributed by atoms with Crippen LogP contribution in [0.25, 0.3) is 0 Å². The molecule has 2 nitrogen and oxygen atoms in total. The second-order valence-electron chi connectivity index (χ2n) is 4.86. The van der Waals surface area contributed by atoms with Gasteiger partial charge in [0.25, 0.3) is 5.91 Å². The third-order valence-electron chi connectivity index (χ3n) is 2.66. The van der Waals surface area contributed by atoms with Gasteiger partial charge < -0.3 is 5.32 Å². The molecule has 0 fully saturated rings. The third kappa shape index (κ3) is 1.31. The molecule has 1 heterocycles. The Morgan fingerprint density at radius 3 is 2.50 bits per heavy atom. The van der Waals surface area contributed by atoms with E-state index in [1.54, 1.807) is 0 Å². The van der Waals surface area contributed by atoms with Gasteiger partial charge in [-0.2, -0.15) is 0 Å². The molecule has 1 aliphatic heterocycles. The van der Waals surface area contributed by atoms with Crippen molar-refractivity contribution in [2.75, 3.05) is 0 Å². The molecule has 14 heavy (non-hydrogen) atoms. The number of carbonyl (C=O) groups excluding carboxylic acids is 1. The van der Waals surface area contributed by atoms with E-state index in [1.807, 2.05) is 24.3 Å². The summed E-state index contributed by atoms with van der Waals surface area (Å²) in [7, 11) is 0. The number of nitrogens with one attached hydrogen (secondary N) is 1. The maximum absolute atomic E-state index is 11.6. The molecule has 0 radical (unpaired) electrons. The van der Waals surface area contributed by atoms with Gasteiger partial charge in [-0.05, 0) is 17.0 Å². The molecule has 0 saturated carbocycles. The van der Waals surface area contributed by atoms with Crippen LogP contribution in [0.2, 0.25) is 0 Å². The van der Waals surface area contributed by atoms with Gasteiger partial charge in [-0.15, -0.1) is 0 Å². The smallest absolute Gasteiger partial charge is 0.252 e. The maximum Gasteiger partial charge on any atom is 0.252 e. The molecule has 1 N–H and O–H groups in total. The zero-order chi connectivity index (χ0) is 10.3. The lowest BCUT2D eigenvalue weighted by molar-refractivity contribution is 0.0933. The molecule has 0 aliphatic carbocycles. The Bertz CT molecular complexity index is 376. The predicted octanol–water partition coefficient (Wildman–Crippen LogP) is 2.52. The Labute approximate surface area is 84.3 Å². The highest BCUT2D eigenvalue weighted by atomic mass is 16.2. The number of hydrogen-bond donors (Lipinski definition) is 1. The molecule has 0 bridgehead atoms. The van der Waals surface area contributed by atoms with Crippen LogP contribution in [0, 0.1) is 5.41 Å². The van der Waals surface area contributed by atoms with Gasteiger partial charge in [0.05, 0.1) is 6.04 Å². The predicted molar refractivity (Wildman–Crippen MR) is 56.1 cm³/mol.